The molecular weight excluding hydrogens is 209 g/mol. The predicted octanol–water partition coefficient (Wildman–Crippen LogP) is 1.58. The monoisotopic (exact) mass is 223 g/mol. The van der Waals surface area contributed by atoms with Gasteiger partial charge in [-0.15, -0.1) is 24.8 Å². The number of hydrogen-bond acceptors (Lipinski definition) is 3. The number of pyridine rings is 1. The smallest absolute Gasteiger partial charge is 0.0604 e. The average molecular weight is 224 g/mol. The maximum Gasteiger partial charge on any atom is 0.0604 e. The summed E-state index contributed by atoms with van der Waals surface area (Å²) in [7, 11) is 0. The van der Waals surface area contributed by atoms with Gasteiger partial charge < -0.3 is 11.5 Å². The van der Waals surface area contributed by atoms with E-state index in [1.807, 2.05) is 13.8 Å². The molecule has 1 rings (SSSR count). The quantitative estimate of drug-likeness (QED) is 0.761. The third-order valence-electron chi connectivity index (χ3n) is 1.91. The zero-order chi connectivity index (χ0) is 8.43. The number of hydrogen-bond donors (Lipinski definition) is 2. The highest BCUT2D eigenvalue weighted by Crippen LogP contribution is 2.16. The summed E-state index contributed by atoms with van der Waals surface area (Å²) in [4.78, 5) is 4.11. The molecule has 0 aliphatic rings. The van der Waals surface area contributed by atoms with Crippen molar-refractivity contribution in [1.29, 1.82) is 0 Å². The van der Waals surface area contributed by atoms with Crippen LogP contribution < -0.4 is 11.5 Å². The van der Waals surface area contributed by atoms with Crippen LogP contribution in [0.15, 0.2) is 6.20 Å². The van der Waals surface area contributed by atoms with Crippen molar-refractivity contribution in [1.82, 2.24) is 4.98 Å². The first-order valence-corrected chi connectivity index (χ1v) is 3.57. The summed E-state index contributed by atoms with van der Waals surface area (Å²) in [6.07, 6.45) is 1.78. The highest BCUT2D eigenvalue weighted by Gasteiger charge is 2.02. The molecule has 0 bridgehead atoms. The lowest BCUT2D eigenvalue weighted by molar-refractivity contribution is 1.01. The maximum atomic E-state index is 5.74. The van der Waals surface area contributed by atoms with Gasteiger partial charge in [-0.05, 0) is 25.0 Å². The van der Waals surface area contributed by atoms with Crippen LogP contribution in [0.25, 0.3) is 0 Å². The fourth-order valence-corrected chi connectivity index (χ4v) is 0.991. The van der Waals surface area contributed by atoms with Gasteiger partial charge in [-0.2, -0.15) is 0 Å². The van der Waals surface area contributed by atoms with Crippen molar-refractivity contribution in [3.63, 3.8) is 0 Å². The van der Waals surface area contributed by atoms with Crippen molar-refractivity contribution in [2.75, 3.05) is 5.73 Å². The minimum absolute atomic E-state index is 0. The third kappa shape index (κ3) is 3.03. The molecule has 1 heterocycles. The first-order valence-electron chi connectivity index (χ1n) is 3.57. The fraction of sp³-hybridized carbons (Fsp3) is 0.375. The molecule has 1 aromatic rings. The van der Waals surface area contributed by atoms with Crippen LogP contribution in [-0.2, 0) is 6.54 Å². The summed E-state index contributed by atoms with van der Waals surface area (Å²) >= 11 is 0. The molecule has 76 valence electrons. The van der Waals surface area contributed by atoms with Gasteiger partial charge in [0.1, 0.15) is 0 Å². The third-order valence-corrected chi connectivity index (χ3v) is 1.91. The van der Waals surface area contributed by atoms with Crippen LogP contribution in [0.3, 0.4) is 0 Å². The summed E-state index contributed by atoms with van der Waals surface area (Å²) in [6.45, 7) is 4.36. The van der Waals surface area contributed by atoms with E-state index in [-0.39, 0.29) is 24.8 Å². The Morgan fingerprint density at radius 1 is 1.31 bits per heavy atom. The Hall–Kier alpha value is -0.510. The highest BCUT2D eigenvalue weighted by atomic mass is 35.5. The summed E-state index contributed by atoms with van der Waals surface area (Å²) in [5.74, 6) is 0. The minimum Gasteiger partial charge on any atom is -0.397 e. The topological polar surface area (TPSA) is 64.9 Å². The first kappa shape index (κ1) is 15.0. The molecule has 0 spiro atoms. The van der Waals surface area contributed by atoms with Gasteiger partial charge in [0, 0.05) is 12.7 Å². The average Bonchev–Trinajstić information content (AvgIpc) is 2.01. The Bertz CT molecular complexity index is 276. The van der Waals surface area contributed by atoms with E-state index in [1.54, 1.807) is 6.20 Å². The van der Waals surface area contributed by atoms with Gasteiger partial charge in [-0.3, -0.25) is 4.98 Å². The maximum absolute atomic E-state index is 5.74. The predicted molar refractivity (Wildman–Crippen MR) is 60.5 cm³/mol. The second-order valence-corrected chi connectivity index (χ2v) is 2.61. The first-order chi connectivity index (χ1) is 5.16. The van der Waals surface area contributed by atoms with Crippen LogP contribution in [0.4, 0.5) is 5.69 Å². The summed E-state index contributed by atoms with van der Waals surface area (Å²) in [6, 6.07) is 0. The number of aromatic nitrogens is 1. The zero-order valence-corrected chi connectivity index (χ0v) is 9.34. The number of aryl methyl sites for hydroxylation is 1. The molecule has 0 aromatic carbocycles. The van der Waals surface area contributed by atoms with E-state index < -0.39 is 0 Å². The van der Waals surface area contributed by atoms with Crippen LogP contribution in [0.1, 0.15) is 16.8 Å². The molecule has 0 radical (unpaired) electrons. The lowest BCUT2D eigenvalue weighted by Crippen LogP contribution is -2.04. The van der Waals surface area contributed by atoms with Crippen molar-refractivity contribution < 1.29 is 0 Å². The Balaban J connectivity index is 0. The lowest BCUT2D eigenvalue weighted by atomic mass is 10.1. The Kier molecular flexibility index (Phi) is 6.94. The number of halogens is 2. The van der Waals surface area contributed by atoms with Gasteiger partial charge in [0.15, 0.2) is 0 Å². The van der Waals surface area contributed by atoms with E-state index in [2.05, 4.69) is 4.98 Å². The van der Waals surface area contributed by atoms with Crippen molar-refractivity contribution in [2.24, 2.45) is 5.73 Å². The molecule has 0 amide bonds. The summed E-state index contributed by atoms with van der Waals surface area (Å²) < 4.78 is 0. The van der Waals surface area contributed by atoms with Gasteiger partial charge in [0.25, 0.3) is 0 Å². The van der Waals surface area contributed by atoms with Crippen molar-refractivity contribution in [2.45, 2.75) is 20.4 Å². The fourth-order valence-electron chi connectivity index (χ4n) is 0.991. The highest BCUT2D eigenvalue weighted by molar-refractivity contribution is 5.85. The van der Waals surface area contributed by atoms with Crippen LogP contribution in [0.2, 0.25) is 0 Å². The van der Waals surface area contributed by atoms with E-state index in [0.717, 1.165) is 22.5 Å². The molecule has 1 aromatic heterocycles. The molecule has 0 saturated heterocycles. The van der Waals surface area contributed by atoms with Crippen LogP contribution >= 0.6 is 24.8 Å². The van der Waals surface area contributed by atoms with Crippen LogP contribution in [0.5, 0.6) is 0 Å². The van der Waals surface area contributed by atoms with Gasteiger partial charge in [-0.1, -0.05) is 0 Å². The SMILES string of the molecule is Cc1ncc(CN)c(C)c1N.Cl.Cl. The molecule has 0 atom stereocenters. The van der Waals surface area contributed by atoms with Gasteiger partial charge in [-0.25, -0.2) is 0 Å². The van der Waals surface area contributed by atoms with E-state index in [1.165, 1.54) is 0 Å². The Labute approximate surface area is 90.7 Å². The zero-order valence-electron chi connectivity index (χ0n) is 7.70. The number of nitrogens with two attached hydrogens (primary N) is 2. The van der Waals surface area contributed by atoms with E-state index in [9.17, 15) is 0 Å². The van der Waals surface area contributed by atoms with E-state index >= 15 is 0 Å². The largest absolute Gasteiger partial charge is 0.397 e. The molecule has 0 unspecified atom stereocenters. The molecule has 0 aliphatic carbocycles. The molecule has 0 aliphatic heterocycles. The van der Waals surface area contributed by atoms with Crippen molar-refractivity contribution in [3.05, 3.63) is 23.0 Å². The number of anilines is 1. The van der Waals surface area contributed by atoms with Crippen LogP contribution in [0, 0.1) is 13.8 Å². The van der Waals surface area contributed by atoms with Crippen LogP contribution in [-0.4, -0.2) is 4.98 Å². The van der Waals surface area contributed by atoms with E-state index in [4.69, 9.17) is 11.5 Å². The second-order valence-electron chi connectivity index (χ2n) is 2.61. The minimum atomic E-state index is 0. The summed E-state index contributed by atoms with van der Waals surface area (Å²) in [5, 5.41) is 0. The molecule has 0 fully saturated rings. The van der Waals surface area contributed by atoms with Gasteiger partial charge in [0.05, 0.1) is 11.4 Å². The molecule has 0 saturated carbocycles. The Morgan fingerprint density at radius 2 is 1.85 bits per heavy atom. The van der Waals surface area contributed by atoms with Gasteiger partial charge >= 0.3 is 0 Å². The number of rotatable bonds is 1. The normalized spacial score (nSPS) is 8.54. The second kappa shape index (κ2) is 6.02. The molecule has 5 heteroatoms. The van der Waals surface area contributed by atoms with Crippen molar-refractivity contribution in [3.8, 4) is 0 Å². The Morgan fingerprint density at radius 3 is 2.31 bits per heavy atom. The molecule has 13 heavy (non-hydrogen) atoms. The molecule has 3 nitrogen and oxygen atoms in total. The van der Waals surface area contributed by atoms with Gasteiger partial charge in [0.2, 0.25) is 0 Å². The lowest BCUT2D eigenvalue weighted by Gasteiger charge is -2.07. The number of nitrogen functional groups attached to an aromatic ring is 1. The molecule has 4 N–H and O–H groups in total. The number of nitrogens with zero attached hydrogens (tertiary/aromatic N) is 1. The van der Waals surface area contributed by atoms with Crippen molar-refractivity contribution >= 4 is 30.5 Å². The summed E-state index contributed by atoms with van der Waals surface area (Å²) in [5.41, 5.74) is 14.9. The molecular formula is C8H15Cl2N3. The standard InChI is InChI=1S/C8H13N3.2ClH/c1-5-7(3-9)4-11-6(2)8(5)10;;/h4H,3,9-10H2,1-2H3;2*1H. The van der Waals surface area contributed by atoms with E-state index in [0.29, 0.717) is 6.54 Å².